The van der Waals surface area contributed by atoms with Crippen LogP contribution < -0.4 is 10.1 Å². The van der Waals surface area contributed by atoms with E-state index < -0.39 is 0 Å². The summed E-state index contributed by atoms with van der Waals surface area (Å²) in [5, 5.41) is 3.31. The molecule has 0 radical (unpaired) electrons. The van der Waals surface area contributed by atoms with Crippen molar-refractivity contribution in [3.05, 3.63) is 47.9 Å². The lowest BCUT2D eigenvalue weighted by atomic mass is 10.3. The smallest absolute Gasteiger partial charge is 0.123 e. The summed E-state index contributed by atoms with van der Waals surface area (Å²) in [6, 6.07) is 11.9. The molecule has 2 rings (SSSR count). The van der Waals surface area contributed by atoms with Gasteiger partial charge in [-0.1, -0.05) is 6.07 Å². The Morgan fingerprint density at radius 2 is 2.06 bits per heavy atom. The highest BCUT2D eigenvalue weighted by Gasteiger charge is 2.02. The molecule has 0 fully saturated rings. The lowest BCUT2D eigenvalue weighted by Crippen LogP contribution is -1.98. The molecule has 0 amide bonds. The van der Waals surface area contributed by atoms with Crippen LogP contribution in [0.1, 0.15) is 11.5 Å². The number of ether oxygens (including phenoxy) is 1. The summed E-state index contributed by atoms with van der Waals surface area (Å²) in [6.07, 6.45) is 2.07. The average molecular weight is 263 g/mol. The van der Waals surface area contributed by atoms with Gasteiger partial charge in [-0.15, -0.1) is 0 Å². The molecule has 3 nitrogen and oxygen atoms in total. The first-order valence-electron chi connectivity index (χ1n) is 5.76. The summed E-state index contributed by atoms with van der Waals surface area (Å²) in [4.78, 5) is 0. The van der Waals surface area contributed by atoms with Crippen LogP contribution in [-0.2, 0) is 12.3 Å². The van der Waals surface area contributed by atoms with Gasteiger partial charge < -0.3 is 14.5 Å². The standard InChI is InChI=1S/C14H17NO2S/c1-16-12-5-3-4-11(8-12)15-9-13-6-7-14(17-13)10-18-2/h3-8,15H,9-10H2,1-2H3. The van der Waals surface area contributed by atoms with E-state index in [0.29, 0.717) is 6.54 Å². The molecule has 0 aliphatic rings. The van der Waals surface area contributed by atoms with Crippen molar-refractivity contribution in [2.24, 2.45) is 0 Å². The SMILES string of the molecule is COc1cccc(NCc2ccc(CSC)o2)c1. The van der Waals surface area contributed by atoms with Crippen molar-refractivity contribution in [3.8, 4) is 5.75 Å². The van der Waals surface area contributed by atoms with E-state index in [4.69, 9.17) is 9.15 Å². The number of nitrogens with one attached hydrogen (secondary N) is 1. The molecule has 0 aliphatic heterocycles. The normalized spacial score (nSPS) is 10.3. The Hall–Kier alpha value is -1.55. The van der Waals surface area contributed by atoms with Crippen molar-refractivity contribution in [1.82, 2.24) is 0 Å². The Balaban J connectivity index is 1.93. The molecular formula is C14H17NO2S. The van der Waals surface area contributed by atoms with E-state index in [1.165, 1.54) is 0 Å². The minimum Gasteiger partial charge on any atom is -0.497 e. The van der Waals surface area contributed by atoms with Gasteiger partial charge in [0.25, 0.3) is 0 Å². The minimum atomic E-state index is 0.682. The third-order valence-corrected chi connectivity index (χ3v) is 3.11. The first-order chi connectivity index (χ1) is 8.81. The number of anilines is 1. The van der Waals surface area contributed by atoms with Crippen LogP contribution >= 0.6 is 11.8 Å². The Labute approximate surface area is 112 Å². The molecule has 1 aromatic heterocycles. The van der Waals surface area contributed by atoms with Crippen molar-refractivity contribution in [2.45, 2.75) is 12.3 Å². The van der Waals surface area contributed by atoms with Crippen molar-refractivity contribution in [3.63, 3.8) is 0 Å². The highest BCUT2D eigenvalue weighted by Crippen LogP contribution is 2.18. The van der Waals surface area contributed by atoms with Gasteiger partial charge in [0.05, 0.1) is 19.4 Å². The molecule has 0 spiro atoms. The molecule has 0 saturated heterocycles. The predicted octanol–water partition coefficient (Wildman–Crippen LogP) is 3.76. The fraction of sp³-hybridized carbons (Fsp3) is 0.286. The Bertz CT molecular complexity index is 496. The van der Waals surface area contributed by atoms with Crippen LogP contribution in [0.3, 0.4) is 0 Å². The van der Waals surface area contributed by atoms with Crippen LogP contribution in [-0.4, -0.2) is 13.4 Å². The lowest BCUT2D eigenvalue weighted by molar-refractivity contribution is 0.415. The van der Waals surface area contributed by atoms with Crippen LogP contribution in [0.4, 0.5) is 5.69 Å². The fourth-order valence-corrected chi connectivity index (χ4v) is 2.10. The van der Waals surface area contributed by atoms with Crippen LogP contribution in [0, 0.1) is 0 Å². The number of methoxy groups -OCH3 is 1. The van der Waals surface area contributed by atoms with Crippen LogP contribution in [0.5, 0.6) is 5.75 Å². The zero-order valence-electron chi connectivity index (χ0n) is 10.6. The first kappa shape index (κ1) is 12.9. The quantitative estimate of drug-likeness (QED) is 0.860. The second kappa shape index (κ2) is 6.40. The van der Waals surface area contributed by atoms with Gasteiger partial charge in [0.2, 0.25) is 0 Å². The molecule has 0 aliphatic carbocycles. The third kappa shape index (κ3) is 3.47. The van der Waals surface area contributed by atoms with Crippen LogP contribution in [0.2, 0.25) is 0 Å². The number of thioether (sulfide) groups is 1. The summed E-state index contributed by atoms with van der Waals surface area (Å²) in [7, 11) is 1.67. The van der Waals surface area contributed by atoms with E-state index in [2.05, 4.69) is 11.6 Å². The molecule has 1 aromatic carbocycles. The van der Waals surface area contributed by atoms with Gasteiger partial charge in [-0.25, -0.2) is 0 Å². The van der Waals surface area contributed by atoms with Crippen molar-refractivity contribution >= 4 is 17.4 Å². The minimum absolute atomic E-state index is 0.682. The summed E-state index contributed by atoms with van der Waals surface area (Å²) in [6.45, 7) is 0.682. The Morgan fingerprint density at radius 3 is 2.83 bits per heavy atom. The summed E-state index contributed by atoms with van der Waals surface area (Å²) < 4.78 is 10.9. The summed E-state index contributed by atoms with van der Waals surface area (Å²) >= 11 is 1.76. The van der Waals surface area contributed by atoms with Gasteiger partial charge in [-0.2, -0.15) is 11.8 Å². The monoisotopic (exact) mass is 263 g/mol. The fourth-order valence-electron chi connectivity index (χ4n) is 1.66. The molecule has 1 N–H and O–H groups in total. The predicted molar refractivity (Wildman–Crippen MR) is 76.2 cm³/mol. The maximum Gasteiger partial charge on any atom is 0.123 e. The van der Waals surface area contributed by atoms with Crippen molar-refractivity contribution in [2.75, 3.05) is 18.7 Å². The van der Waals surface area contributed by atoms with E-state index in [9.17, 15) is 0 Å². The van der Waals surface area contributed by atoms with Gasteiger partial charge in [0, 0.05) is 11.8 Å². The van der Waals surface area contributed by atoms with E-state index in [1.54, 1.807) is 18.9 Å². The second-order valence-corrected chi connectivity index (χ2v) is 4.75. The second-order valence-electron chi connectivity index (χ2n) is 3.89. The number of hydrogen-bond acceptors (Lipinski definition) is 4. The number of rotatable bonds is 6. The van der Waals surface area contributed by atoms with Gasteiger partial charge in [-0.05, 0) is 30.5 Å². The molecule has 1 heterocycles. The average Bonchev–Trinajstić information content (AvgIpc) is 2.85. The molecular weight excluding hydrogens is 246 g/mol. The molecule has 96 valence electrons. The summed E-state index contributed by atoms with van der Waals surface area (Å²) in [5.41, 5.74) is 1.03. The van der Waals surface area contributed by atoms with Gasteiger partial charge >= 0.3 is 0 Å². The molecule has 0 bridgehead atoms. The molecule has 0 unspecified atom stereocenters. The van der Waals surface area contributed by atoms with Gasteiger partial charge in [0.15, 0.2) is 0 Å². The van der Waals surface area contributed by atoms with Crippen molar-refractivity contribution in [1.29, 1.82) is 0 Å². The largest absolute Gasteiger partial charge is 0.497 e. The maximum absolute atomic E-state index is 5.69. The van der Waals surface area contributed by atoms with Crippen LogP contribution in [0.25, 0.3) is 0 Å². The van der Waals surface area contributed by atoms with E-state index in [1.807, 2.05) is 36.4 Å². The highest BCUT2D eigenvalue weighted by molar-refractivity contribution is 7.97. The molecule has 2 aromatic rings. The zero-order valence-corrected chi connectivity index (χ0v) is 11.4. The lowest BCUT2D eigenvalue weighted by Gasteiger charge is -2.06. The summed E-state index contributed by atoms with van der Waals surface area (Å²) in [5.74, 6) is 3.73. The number of benzene rings is 1. The Kier molecular flexibility index (Phi) is 4.59. The van der Waals surface area contributed by atoms with E-state index >= 15 is 0 Å². The Morgan fingerprint density at radius 1 is 1.22 bits per heavy atom. The first-order valence-corrected chi connectivity index (χ1v) is 7.15. The molecule has 18 heavy (non-hydrogen) atoms. The van der Waals surface area contributed by atoms with Crippen molar-refractivity contribution < 1.29 is 9.15 Å². The molecule has 0 saturated carbocycles. The zero-order chi connectivity index (χ0) is 12.8. The topological polar surface area (TPSA) is 34.4 Å². The molecule has 4 heteroatoms. The maximum atomic E-state index is 5.69. The number of hydrogen-bond donors (Lipinski definition) is 1. The molecule has 0 atom stereocenters. The third-order valence-electron chi connectivity index (χ3n) is 2.54. The highest BCUT2D eigenvalue weighted by atomic mass is 32.2. The van der Waals surface area contributed by atoms with Gasteiger partial charge in [-0.3, -0.25) is 0 Å². The van der Waals surface area contributed by atoms with Crippen LogP contribution in [0.15, 0.2) is 40.8 Å². The van der Waals surface area contributed by atoms with E-state index in [-0.39, 0.29) is 0 Å². The number of furan rings is 1. The van der Waals surface area contributed by atoms with E-state index in [0.717, 1.165) is 28.7 Å². The van der Waals surface area contributed by atoms with Gasteiger partial charge in [0.1, 0.15) is 17.3 Å².